The summed E-state index contributed by atoms with van der Waals surface area (Å²) in [6, 6.07) is 14.2. The minimum atomic E-state index is -1.15. The molecule has 1 aromatic heterocycles. The number of para-hydroxylation sites is 1. The van der Waals surface area contributed by atoms with Crippen molar-refractivity contribution in [2.45, 2.75) is 51.4 Å². The summed E-state index contributed by atoms with van der Waals surface area (Å²) < 4.78 is 6.36. The molecule has 1 aliphatic carbocycles. The van der Waals surface area contributed by atoms with Crippen LogP contribution in [0.1, 0.15) is 62.2 Å². The van der Waals surface area contributed by atoms with Crippen LogP contribution in [0.4, 0.5) is 5.69 Å². The number of aryl methyl sites for hydroxylation is 1. The van der Waals surface area contributed by atoms with E-state index in [2.05, 4.69) is 15.6 Å². The zero-order chi connectivity index (χ0) is 27.0. The number of anilines is 1. The largest absolute Gasteiger partial charge is 0.465 e. The number of ether oxygens (including phenoxy) is 1. The number of hydrogen-bond acceptors (Lipinski definition) is 6. The highest BCUT2D eigenvalue weighted by atomic mass is 16.5. The van der Waals surface area contributed by atoms with Crippen molar-refractivity contribution in [3.63, 3.8) is 0 Å². The van der Waals surface area contributed by atoms with E-state index in [9.17, 15) is 19.2 Å². The Kier molecular flexibility index (Phi) is 6.48. The van der Waals surface area contributed by atoms with E-state index in [-0.39, 0.29) is 41.1 Å². The van der Waals surface area contributed by atoms with E-state index >= 15 is 0 Å². The van der Waals surface area contributed by atoms with Gasteiger partial charge in [0.25, 0.3) is 11.8 Å². The number of esters is 1. The van der Waals surface area contributed by atoms with Crippen LogP contribution in [0.15, 0.2) is 54.9 Å². The van der Waals surface area contributed by atoms with Crippen LogP contribution in [0.3, 0.4) is 0 Å². The molecule has 2 heterocycles. The predicted molar refractivity (Wildman–Crippen MR) is 139 cm³/mol. The Bertz CT molecular complexity index is 1430. The molecule has 1 unspecified atom stereocenters. The average molecular weight is 516 g/mol. The van der Waals surface area contributed by atoms with E-state index < -0.39 is 23.3 Å². The van der Waals surface area contributed by atoms with Gasteiger partial charge in [0.2, 0.25) is 5.91 Å². The first-order valence-electron chi connectivity index (χ1n) is 12.4. The van der Waals surface area contributed by atoms with Gasteiger partial charge in [0.1, 0.15) is 11.2 Å². The van der Waals surface area contributed by atoms with Gasteiger partial charge in [-0.25, -0.2) is 9.78 Å². The van der Waals surface area contributed by atoms with Crippen molar-refractivity contribution in [2.24, 2.45) is 0 Å². The van der Waals surface area contributed by atoms with Crippen LogP contribution in [-0.2, 0) is 22.6 Å². The van der Waals surface area contributed by atoms with Crippen LogP contribution < -0.4 is 10.6 Å². The Labute approximate surface area is 220 Å². The summed E-state index contributed by atoms with van der Waals surface area (Å²) in [4.78, 5) is 58.5. The molecular formula is C28H29N5O5. The van der Waals surface area contributed by atoms with Gasteiger partial charge < -0.3 is 24.8 Å². The second-order valence-corrected chi connectivity index (χ2v) is 9.91. The molecule has 0 bridgehead atoms. The Morgan fingerprint density at radius 2 is 1.82 bits per heavy atom. The first kappa shape index (κ1) is 25.2. The van der Waals surface area contributed by atoms with Crippen LogP contribution in [0, 0.1) is 6.92 Å². The summed E-state index contributed by atoms with van der Waals surface area (Å²) >= 11 is 0. The molecule has 1 fully saturated rings. The quantitative estimate of drug-likeness (QED) is 0.467. The number of aromatic nitrogens is 2. The highest BCUT2D eigenvalue weighted by molar-refractivity contribution is 6.13. The van der Waals surface area contributed by atoms with Gasteiger partial charge >= 0.3 is 5.97 Å². The van der Waals surface area contributed by atoms with Crippen LogP contribution >= 0.6 is 0 Å². The maximum absolute atomic E-state index is 13.8. The summed E-state index contributed by atoms with van der Waals surface area (Å²) in [5.41, 5.74) is 1.42. The zero-order valence-electron chi connectivity index (χ0n) is 21.5. The van der Waals surface area contributed by atoms with E-state index in [0.717, 1.165) is 24.0 Å². The van der Waals surface area contributed by atoms with Crippen molar-refractivity contribution in [3.8, 4) is 0 Å². The highest BCUT2D eigenvalue weighted by Gasteiger charge is 2.53. The Morgan fingerprint density at radius 1 is 1.11 bits per heavy atom. The topological polar surface area (TPSA) is 123 Å². The molecule has 2 aliphatic rings. The number of amides is 3. The molecule has 0 spiro atoms. The number of hydrogen-bond donors (Lipinski definition) is 2. The third-order valence-electron chi connectivity index (χ3n) is 7.04. The van der Waals surface area contributed by atoms with Gasteiger partial charge in [0.15, 0.2) is 5.69 Å². The fourth-order valence-electron chi connectivity index (χ4n) is 4.86. The van der Waals surface area contributed by atoms with Gasteiger partial charge in [0, 0.05) is 12.6 Å². The summed E-state index contributed by atoms with van der Waals surface area (Å²) in [5.74, 6) is -1.92. The number of fused-ring (bicyclic) bond motifs is 1. The van der Waals surface area contributed by atoms with Crippen molar-refractivity contribution in [1.29, 1.82) is 0 Å². The van der Waals surface area contributed by atoms with E-state index in [4.69, 9.17) is 4.74 Å². The fraction of sp³-hybridized carbons (Fsp3) is 0.321. The van der Waals surface area contributed by atoms with Crippen molar-refractivity contribution < 1.29 is 23.9 Å². The molecule has 10 heteroatoms. The van der Waals surface area contributed by atoms with Crippen LogP contribution in [0.5, 0.6) is 0 Å². The molecule has 0 saturated heterocycles. The monoisotopic (exact) mass is 515 g/mol. The van der Waals surface area contributed by atoms with Crippen molar-refractivity contribution >= 4 is 29.4 Å². The van der Waals surface area contributed by atoms with E-state index in [1.54, 1.807) is 34.6 Å². The van der Waals surface area contributed by atoms with Gasteiger partial charge in [-0.15, -0.1) is 0 Å². The van der Waals surface area contributed by atoms with Crippen molar-refractivity contribution in [1.82, 2.24) is 19.8 Å². The summed E-state index contributed by atoms with van der Waals surface area (Å²) in [7, 11) is 1.26. The number of nitrogens with zero attached hydrogens (tertiary/aromatic N) is 3. The van der Waals surface area contributed by atoms with Crippen LogP contribution in [0.25, 0.3) is 0 Å². The van der Waals surface area contributed by atoms with Crippen LogP contribution in [0.2, 0.25) is 0 Å². The number of methoxy groups -OCH3 is 1. The van der Waals surface area contributed by atoms with Gasteiger partial charge in [0.05, 0.1) is 31.2 Å². The van der Waals surface area contributed by atoms with Gasteiger partial charge in [-0.05, 0) is 44.4 Å². The SMILES string of the molecule is COC(=O)c1ccccc1NC(=O)c1ncn2c1C(=O)N(C1CC1)C(C)(C(=O)NCc1ccc(C)cc1)C2. The lowest BCUT2D eigenvalue weighted by molar-refractivity contribution is -0.133. The minimum Gasteiger partial charge on any atom is -0.465 e. The van der Waals surface area contributed by atoms with Gasteiger partial charge in [-0.2, -0.15) is 0 Å². The zero-order valence-corrected chi connectivity index (χ0v) is 21.5. The molecule has 1 saturated carbocycles. The molecule has 1 atom stereocenters. The summed E-state index contributed by atoms with van der Waals surface area (Å²) in [6.07, 6.45) is 2.98. The fourth-order valence-corrected chi connectivity index (χ4v) is 4.86. The smallest absolute Gasteiger partial charge is 0.339 e. The summed E-state index contributed by atoms with van der Waals surface area (Å²) in [6.45, 7) is 4.25. The molecular weight excluding hydrogens is 486 g/mol. The Hall–Kier alpha value is -4.47. The first-order chi connectivity index (χ1) is 18.2. The number of carbonyl (C=O) groups excluding carboxylic acids is 4. The Balaban J connectivity index is 1.41. The lowest BCUT2D eigenvalue weighted by Crippen LogP contribution is -2.64. The molecule has 38 heavy (non-hydrogen) atoms. The molecule has 2 N–H and O–H groups in total. The number of benzene rings is 2. The second kappa shape index (κ2) is 9.77. The average Bonchev–Trinajstić information content (AvgIpc) is 3.65. The highest BCUT2D eigenvalue weighted by Crippen LogP contribution is 2.39. The Morgan fingerprint density at radius 3 is 2.50 bits per heavy atom. The summed E-state index contributed by atoms with van der Waals surface area (Å²) in [5, 5.41) is 5.67. The molecule has 10 nitrogen and oxygen atoms in total. The molecule has 3 aromatic rings. The van der Waals surface area contributed by atoms with Gasteiger partial charge in [-0.1, -0.05) is 42.0 Å². The predicted octanol–water partition coefficient (Wildman–Crippen LogP) is 2.92. The van der Waals surface area contributed by atoms with E-state index in [0.29, 0.717) is 6.54 Å². The first-order valence-corrected chi connectivity index (χ1v) is 12.4. The molecule has 5 rings (SSSR count). The number of imidazole rings is 1. The number of carbonyl (C=O) groups is 4. The molecule has 196 valence electrons. The minimum absolute atomic E-state index is 0.0672. The molecule has 0 radical (unpaired) electrons. The van der Waals surface area contributed by atoms with Crippen molar-refractivity contribution in [2.75, 3.05) is 12.4 Å². The van der Waals surface area contributed by atoms with E-state index in [1.165, 1.54) is 19.5 Å². The second-order valence-electron chi connectivity index (χ2n) is 9.91. The lowest BCUT2D eigenvalue weighted by Gasteiger charge is -2.44. The molecule has 3 amide bonds. The van der Waals surface area contributed by atoms with Crippen LogP contribution in [-0.4, -0.2) is 56.8 Å². The van der Waals surface area contributed by atoms with Crippen molar-refractivity contribution in [3.05, 3.63) is 82.9 Å². The maximum atomic E-state index is 13.8. The molecule has 1 aliphatic heterocycles. The lowest BCUT2D eigenvalue weighted by atomic mass is 9.93. The maximum Gasteiger partial charge on any atom is 0.339 e. The number of nitrogens with one attached hydrogen (secondary N) is 2. The third-order valence-corrected chi connectivity index (χ3v) is 7.04. The van der Waals surface area contributed by atoms with E-state index in [1.807, 2.05) is 31.2 Å². The molecule has 2 aromatic carbocycles. The standard InChI is InChI=1S/C28H29N5O5/c1-17-8-10-18(11-9-17)14-29-27(37)28(2)15-32-16-30-22(23(32)25(35)33(28)19-12-13-19)24(34)31-21-7-5-4-6-20(21)26(36)38-3/h4-11,16,19H,12-15H2,1-3H3,(H,29,37)(H,31,34). The number of rotatable bonds is 7. The van der Waals surface area contributed by atoms with Gasteiger partial charge in [-0.3, -0.25) is 14.4 Å². The normalized spacial score (nSPS) is 18.5. The third kappa shape index (κ3) is 4.53.